The van der Waals surface area contributed by atoms with Gasteiger partial charge in [0.15, 0.2) is 0 Å². The summed E-state index contributed by atoms with van der Waals surface area (Å²) in [7, 11) is 1.67. The molecule has 0 heterocycles. The first-order chi connectivity index (χ1) is 6.36. The molecule has 0 aliphatic heterocycles. The highest BCUT2D eigenvalue weighted by molar-refractivity contribution is 5.50. The minimum absolute atomic E-state index is 0.889. The summed E-state index contributed by atoms with van der Waals surface area (Å²) >= 11 is 0. The summed E-state index contributed by atoms with van der Waals surface area (Å²) in [6, 6.07) is 7.94. The third-order valence-electron chi connectivity index (χ3n) is 1.71. The molecule has 0 spiro atoms. The highest BCUT2D eigenvalue weighted by Crippen LogP contribution is 2.11. The molecule has 0 aliphatic carbocycles. The third kappa shape index (κ3) is 3.20. The Hall–Kier alpha value is -1.44. The van der Waals surface area contributed by atoms with Gasteiger partial charge in [0, 0.05) is 6.54 Å². The van der Waals surface area contributed by atoms with Gasteiger partial charge >= 0.3 is 0 Å². The predicted octanol–water partition coefficient (Wildman–Crippen LogP) is 2.28. The number of hydrogen-bond acceptors (Lipinski definition) is 2. The molecule has 70 valence electrons. The smallest absolute Gasteiger partial charge is 0.118 e. The maximum atomic E-state index is 5.06. The second-order valence-corrected chi connectivity index (χ2v) is 2.66. The van der Waals surface area contributed by atoms with Crippen molar-refractivity contribution >= 4 is 6.08 Å². The van der Waals surface area contributed by atoms with E-state index in [1.165, 1.54) is 5.56 Å². The molecule has 0 bridgehead atoms. The fraction of sp³-hybridized carbons (Fsp3) is 0.273. The largest absolute Gasteiger partial charge is 0.497 e. The fourth-order valence-electron chi connectivity index (χ4n) is 0.988. The van der Waals surface area contributed by atoms with Crippen LogP contribution in [0.5, 0.6) is 5.75 Å². The van der Waals surface area contributed by atoms with Crippen LogP contribution in [0.15, 0.2) is 30.5 Å². The molecule has 1 aromatic rings. The Kier molecular flexibility index (Phi) is 3.89. The zero-order chi connectivity index (χ0) is 9.52. The van der Waals surface area contributed by atoms with Gasteiger partial charge in [0.1, 0.15) is 5.75 Å². The van der Waals surface area contributed by atoms with Crippen LogP contribution < -0.4 is 10.1 Å². The molecule has 2 nitrogen and oxygen atoms in total. The molecule has 0 radical (unpaired) electrons. The molecule has 0 aromatic heterocycles. The van der Waals surface area contributed by atoms with Crippen molar-refractivity contribution in [1.29, 1.82) is 0 Å². The lowest BCUT2D eigenvalue weighted by atomic mass is 10.2. The third-order valence-corrected chi connectivity index (χ3v) is 1.71. The average Bonchev–Trinajstić information content (AvgIpc) is 2.19. The van der Waals surface area contributed by atoms with Gasteiger partial charge in [0.05, 0.1) is 7.11 Å². The van der Waals surface area contributed by atoms with Crippen LogP contribution in [0.2, 0.25) is 0 Å². The van der Waals surface area contributed by atoms with Crippen LogP contribution in [0.4, 0.5) is 0 Å². The summed E-state index contributed by atoms with van der Waals surface area (Å²) in [4.78, 5) is 0. The summed E-state index contributed by atoms with van der Waals surface area (Å²) in [5.41, 5.74) is 1.17. The highest BCUT2D eigenvalue weighted by atomic mass is 16.5. The van der Waals surface area contributed by atoms with Gasteiger partial charge in [-0.2, -0.15) is 0 Å². The standard InChI is InChI=1S/C11H15NO/c1-3-12-9-8-10-4-6-11(13-2)7-5-10/h4-9,12H,3H2,1-2H3. The Morgan fingerprint density at radius 3 is 2.54 bits per heavy atom. The van der Waals surface area contributed by atoms with E-state index < -0.39 is 0 Å². The minimum atomic E-state index is 0.889. The van der Waals surface area contributed by atoms with E-state index >= 15 is 0 Å². The normalized spacial score (nSPS) is 10.3. The van der Waals surface area contributed by atoms with E-state index in [4.69, 9.17) is 4.74 Å². The van der Waals surface area contributed by atoms with Crippen molar-refractivity contribution in [3.63, 3.8) is 0 Å². The molecule has 1 N–H and O–H groups in total. The van der Waals surface area contributed by atoms with Gasteiger partial charge < -0.3 is 10.1 Å². The maximum absolute atomic E-state index is 5.06. The van der Waals surface area contributed by atoms with Crippen molar-refractivity contribution in [2.45, 2.75) is 6.92 Å². The molecule has 0 atom stereocenters. The molecule has 0 amide bonds. The van der Waals surface area contributed by atoms with Crippen LogP contribution in [-0.2, 0) is 0 Å². The molecular formula is C11H15NO. The number of ether oxygens (including phenoxy) is 1. The molecule has 2 heteroatoms. The number of nitrogens with one attached hydrogen (secondary N) is 1. The van der Waals surface area contributed by atoms with Crippen LogP contribution in [-0.4, -0.2) is 13.7 Å². The van der Waals surface area contributed by atoms with Crippen LogP contribution in [0.1, 0.15) is 12.5 Å². The molecule has 1 rings (SSSR count). The van der Waals surface area contributed by atoms with E-state index in [1.54, 1.807) is 7.11 Å². The number of rotatable bonds is 4. The summed E-state index contributed by atoms with van der Waals surface area (Å²) in [5.74, 6) is 0.889. The van der Waals surface area contributed by atoms with Crippen LogP contribution in [0, 0.1) is 0 Å². The Balaban J connectivity index is 2.58. The average molecular weight is 177 g/mol. The van der Waals surface area contributed by atoms with E-state index in [2.05, 4.69) is 12.2 Å². The molecule has 0 saturated carbocycles. The van der Waals surface area contributed by atoms with E-state index in [-0.39, 0.29) is 0 Å². The van der Waals surface area contributed by atoms with Crippen molar-refractivity contribution in [1.82, 2.24) is 5.32 Å². The Morgan fingerprint density at radius 1 is 1.31 bits per heavy atom. The van der Waals surface area contributed by atoms with E-state index in [9.17, 15) is 0 Å². The first-order valence-electron chi connectivity index (χ1n) is 4.41. The zero-order valence-electron chi connectivity index (χ0n) is 8.08. The Bertz CT molecular complexity index is 264. The van der Waals surface area contributed by atoms with Gasteiger partial charge in [-0.05, 0) is 36.9 Å². The van der Waals surface area contributed by atoms with Gasteiger partial charge in [-0.1, -0.05) is 12.1 Å². The van der Waals surface area contributed by atoms with Crippen molar-refractivity contribution in [3.8, 4) is 5.75 Å². The van der Waals surface area contributed by atoms with Crippen molar-refractivity contribution in [3.05, 3.63) is 36.0 Å². The minimum Gasteiger partial charge on any atom is -0.497 e. The second kappa shape index (κ2) is 5.25. The molecule has 0 fully saturated rings. The summed E-state index contributed by atoms with van der Waals surface area (Å²) < 4.78 is 5.06. The summed E-state index contributed by atoms with van der Waals surface area (Å²) in [6.07, 6.45) is 3.98. The van der Waals surface area contributed by atoms with Gasteiger partial charge in [-0.15, -0.1) is 0 Å². The molecule has 0 aliphatic rings. The fourth-order valence-corrected chi connectivity index (χ4v) is 0.988. The Morgan fingerprint density at radius 2 is 2.00 bits per heavy atom. The molecule has 0 unspecified atom stereocenters. The lowest BCUT2D eigenvalue weighted by Crippen LogP contribution is -2.00. The monoisotopic (exact) mass is 177 g/mol. The van der Waals surface area contributed by atoms with E-state index in [0.717, 1.165) is 12.3 Å². The topological polar surface area (TPSA) is 21.3 Å². The second-order valence-electron chi connectivity index (χ2n) is 2.66. The summed E-state index contributed by atoms with van der Waals surface area (Å²) in [5, 5.41) is 3.11. The van der Waals surface area contributed by atoms with Gasteiger partial charge in [0.2, 0.25) is 0 Å². The van der Waals surface area contributed by atoms with Gasteiger partial charge in [0.25, 0.3) is 0 Å². The number of methoxy groups -OCH3 is 1. The zero-order valence-corrected chi connectivity index (χ0v) is 8.08. The highest BCUT2D eigenvalue weighted by Gasteiger charge is 1.88. The molecular weight excluding hydrogens is 162 g/mol. The number of hydrogen-bond donors (Lipinski definition) is 1. The van der Waals surface area contributed by atoms with Crippen molar-refractivity contribution < 1.29 is 4.74 Å². The van der Waals surface area contributed by atoms with Crippen LogP contribution >= 0.6 is 0 Å². The molecule has 0 saturated heterocycles. The molecule has 1 aromatic carbocycles. The maximum Gasteiger partial charge on any atom is 0.118 e. The van der Waals surface area contributed by atoms with Crippen molar-refractivity contribution in [2.24, 2.45) is 0 Å². The van der Waals surface area contributed by atoms with Gasteiger partial charge in [-0.25, -0.2) is 0 Å². The van der Waals surface area contributed by atoms with Gasteiger partial charge in [-0.3, -0.25) is 0 Å². The first kappa shape index (κ1) is 9.65. The van der Waals surface area contributed by atoms with E-state index in [1.807, 2.05) is 36.5 Å². The van der Waals surface area contributed by atoms with Crippen molar-refractivity contribution in [2.75, 3.05) is 13.7 Å². The van der Waals surface area contributed by atoms with Crippen LogP contribution in [0.25, 0.3) is 6.08 Å². The molecule has 13 heavy (non-hydrogen) atoms. The summed E-state index contributed by atoms with van der Waals surface area (Å²) in [6.45, 7) is 3.02. The van der Waals surface area contributed by atoms with Crippen LogP contribution in [0.3, 0.4) is 0 Å². The Labute approximate surface area is 79.2 Å². The number of benzene rings is 1. The predicted molar refractivity (Wildman–Crippen MR) is 55.7 cm³/mol. The first-order valence-corrected chi connectivity index (χ1v) is 4.41. The lowest BCUT2D eigenvalue weighted by molar-refractivity contribution is 0.415. The van der Waals surface area contributed by atoms with E-state index in [0.29, 0.717) is 0 Å². The SMILES string of the molecule is CCNC=Cc1ccc(OC)cc1. The lowest BCUT2D eigenvalue weighted by Gasteiger charge is -1.99. The quantitative estimate of drug-likeness (QED) is 0.761.